The van der Waals surface area contributed by atoms with Gasteiger partial charge in [-0.05, 0) is 35.0 Å². The lowest BCUT2D eigenvalue weighted by molar-refractivity contribution is -0.118. The molecule has 0 unspecified atom stereocenters. The molecule has 4 N–H and O–H groups in total. The molecule has 4 nitrogen and oxygen atoms in total. The van der Waals surface area contributed by atoms with Gasteiger partial charge < -0.3 is 11.1 Å². The standard InChI is InChI=1S/C11H14BrN3OS/c1-2-15-10(16)6-17-9-4-3-7(11(13)14)5-8(9)12/h3-5H,2,6H2,1H3,(H3,13,14)(H,15,16). The van der Waals surface area contributed by atoms with E-state index in [1.807, 2.05) is 13.0 Å². The smallest absolute Gasteiger partial charge is 0.230 e. The maximum Gasteiger partial charge on any atom is 0.230 e. The van der Waals surface area contributed by atoms with Crippen LogP contribution in [0.5, 0.6) is 0 Å². The molecular formula is C11H14BrN3OS. The van der Waals surface area contributed by atoms with E-state index in [1.165, 1.54) is 11.8 Å². The molecule has 0 heterocycles. The number of thioether (sulfide) groups is 1. The summed E-state index contributed by atoms with van der Waals surface area (Å²) in [7, 11) is 0. The van der Waals surface area contributed by atoms with Crippen LogP contribution < -0.4 is 11.1 Å². The highest BCUT2D eigenvalue weighted by Crippen LogP contribution is 2.28. The van der Waals surface area contributed by atoms with Crippen molar-refractivity contribution in [2.45, 2.75) is 11.8 Å². The molecule has 0 radical (unpaired) electrons. The van der Waals surface area contributed by atoms with Crippen LogP contribution in [0.1, 0.15) is 12.5 Å². The molecule has 0 bridgehead atoms. The Labute approximate surface area is 113 Å². The Morgan fingerprint density at radius 3 is 2.82 bits per heavy atom. The second-order valence-corrected chi connectivity index (χ2v) is 5.17. The third kappa shape index (κ3) is 4.40. The van der Waals surface area contributed by atoms with Crippen LogP contribution in [-0.4, -0.2) is 24.0 Å². The lowest BCUT2D eigenvalue weighted by Crippen LogP contribution is -2.24. The summed E-state index contributed by atoms with van der Waals surface area (Å²) in [6.45, 7) is 2.53. The van der Waals surface area contributed by atoms with E-state index in [9.17, 15) is 4.79 Å². The Bertz CT molecular complexity index is 437. The highest BCUT2D eigenvalue weighted by molar-refractivity contribution is 9.10. The zero-order valence-electron chi connectivity index (χ0n) is 9.42. The molecular weight excluding hydrogens is 302 g/mol. The van der Waals surface area contributed by atoms with Crippen LogP contribution in [-0.2, 0) is 4.79 Å². The Balaban J connectivity index is 2.66. The van der Waals surface area contributed by atoms with Crippen LogP contribution in [0.25, 0.3) is 0 Å². The van der Waals surface area contributed by atoms with Gasteiger partial charge in [0.15, 0.2) is 0 Å². The van der Waals surface area contributed by atoms with Crippen molar-refractivity contribution in [2.24, 2.45) is 5.73 Å². The van der Waals surface area contributed by atoms with Crippen LogP contribution >= 0.6 is 27.7 Å². The Hall–Kier alpha value is -1.01. The Morgan fingerprint density at radius 2 is 2.29 bits per heavy atom. The highest BCUT2D eigenvalue weighted by Gasteiger charge is 2.06. The average molecular weight is 316 g/mol. The van der Waals surface area contributed by atoms with Gasteiger partial charge >= 0.3 is 0 Å². The first-order chi connectivity index (χ1) is 8.04. The van der Waals surface area contributed by atoms with E-state index < -0.39 is 0 Å². The molecule has 1 aromatic carbocycles. The summed E-state index contributed by atoms with van der Waals surface area (Å²) in [4.78, 5) is 12.3. The molecule has 17 heavy (non-hydrogen) atoms. The van der Waals surface area contributed by atoms with Crippen LogP contribution in [0.4, 0.5) is 0 Å². The van der Waals surface area contributed by atoms with Crippen LogP contribution in [0.15, 0.2) is 27.6 Å². The minimum atomic E-state index is 0.0139. The molecule has 0 fully saturated rings. The van der Waals surface area contributed by atoms with Gasteiger partial charge in [-0.3, -0.25) is 10.2 Å². The first kappa shape index (κ1) is 14.1. The number of rotatable bonds is 5. The van der Waals surface area contributed by atoms with Crippen molar-refractivity contribution in [1.29, 1.82) is 5.41 Å². The Kier molecular flexibility index (Phi) is 5.50. The van der Waals surface area contributed by atoms with Gasteiger partial charge in [-0.2, -0.15) is 0 Å². The van der Waals surface area contributed by atoms with Gasteiger partial charge in [0.05, 0.1) is 5.75 Å². The molecule has 1 rings (SSSR count). The van der Waals surface area contributed by atoms with E-state index in [4.69, 9.17) is 11.1 Å². The van der Waals surface area contributed by atoms with Crippen LogP contribution in [0, 0.1) is 5.41 Å². The quantitative estimate of drug-likeness (QED) is 0.441. The number of carbonyl (C=O) groups excluding carboxylic acids is 1. The van der Waals surface area contributed by atoms with E-state index in [2.05, 4.69) is 21.2 Å². The van der Waals surface area contributed by atoms with E-state index in [0.717, 1.165) is 9.37 Å². The minimum Gasteiger partial charge on any atom is -0.384 e. The van der Waals surface area contributed by atoms with Crippen molar-refractivity contribution >= 4 is 39.4 Å². The number of hydrogen-bond acceptors (Lipinski definition) is 3. The SMILES string of the molecule is CCNC(=O)CSc1ccc(C(=N)N)cc1Br. The van der Waals surface area contributed by atoms with Gasteiger partial charge in [-0.25, -0.2) is 0 Å². The third-order valence-corrected chi connectivity index (χ3v) is 3.97. The van der Waals surface area contributed by atoms with Crippen molar-refractivity contribution in [3.05, 3.63) is 28.2 Å². The molecule has 0 aliphatic carbocycles. The zero-order valence-corrected chi connectivity index (χ0v) is 11.8. The van der Waals surface area contributed by atoms with Crippen LogP contribution in [0.2, 0.25) is 0 Å². The topological polar surface area (TPSA) is 79.0 Å². The van der Waals surface area contributed by atoms with E-state index >= 15 is 0 Å². The lowest BCUT2D eigenvalue weighted by Gasteiger charge is -2.06. The third-order valence-electron chi connectivity index (χ3n) is 1.98. The fourth-order valence-electron chi connectivity index (χ4n) is 1.18. The van der Waals surface area contributed by atoms with Crippen LogP contribution in [0.3, 0.4) is 0 Å². The molecule has 0 aromatic heterocycles. The number of halogens is 1. The van der Waals surface area contributed by atoms with Gasteiger partial charge in [0.2, 0.25) is 5.91 Å². The number of carbonyl (C=O) groups is 1. The summed E-state index contributed by atoms with van der Waals surface area (Å²) >= 11 is 4.85. The van der Waals surface area contributed by atoms with Gasteiger partial charge in [0, 0.05) is 21.5 Å². The molecule has 0 saturated heterocycles. The largest absolute Gasteiger partial charge is 0.384 e. The first-order valence-electron chi connectivity index (χ1n) is 5.08. The summed E-state index contributed by atoms with van der Waals surface area (Å²) in [5, 5.41) is 10.0. The summed E-state index contributed by atoms with van der Waals surface area (Å²) in [6.07, 6.45) is 0. The molecule has 0 aliphatic rings. The molecule has 6 heteroatoms. The van der Waals surface area contributed by atoms with Gasteiger partial charge in [0.1, 0.15) is 5.84 Å². The van der Waals surface area contributed by atoms with Gasteiger partial charge in [-0.15, -0.1) is 11.8 Å². The van der Waals surface area contributed by atoms with Crippen molar-refractivity contribution in [1.82, 2.24) is 5.32 Å². The Morgan fingerprint density at radius 1 is 1.59 bits per heavy atom. The number of hydrogen-bond donors (Lipinski definition) is 3. The summed E-state index contributed by atoms with van der Waals surface area (Å²) in [5.74, 6) is 0.428. The predicted molar refractivity (Wildman–Crippen MR) is 74.6 cm³/mol. The first-order valence-corrected chi connectivity index (χ1v) is 6.86. The highest BCUT2D eigenvalue weighted by atomic mass is 79.9. The van der Waals surface area contributed by atoms with E-state index in [0.29, 0.717) is 17.9 Å². The maximum absolute atomic E-state index is 11.3. The monoisotopic (exact) mass is 315 g/mol. The second-order valence-electron chi connectivity index (χ2n) is 3.30. The molecule has 0 spiro atoms. The maximum atomic E-state index is 11.3. The van der Waals surface area contributed by atoms with Crippen molar-refractivity contribution in [2.75, 3.05) is 12.3 Å². The van der Waals surface area contributed by atoms with Crippen molar-refractivity contribution in [3.8, 4) is 0 Å². The molecule has 0 aliphatic heterocycles. The average Bonchev–Trinajstić information content (AvgIpc) is 2.27. The molecule has 92 valence electrons. The summed E-state index contributed by atoms with van der Waals surface area (Å²) in [6, 6.07) is 5.40. The second kappa shape index (κ2) is 6.66. The number of amides is 1. The lowest BCUT2D eigenvalue weighted by atomic mass is 10.2. The number of nitrogens with two attached hydrogens (primary N) is 1. The normalized spacial score (nSPS) is 10.0. The number of amidine groups is 1. The van der Waals surface area contributed by atoms with E-state index in [1.54, 1.807) is 12.1 Å². The molecule has 0 saturated carbocycles. The van der Waals surface area contributed by atoms with Crippen molar-refractivity contribution < 1.29 is 4.79 Å². The number of nitrogen functional groups attached to an aromatic ring is 1. The molecule has 0 atom stereocenters. The molecule has 1 amide bonds. The fourth-order valence-corrected chi connectivity index (χ4v) is 2.65. The minimum absolute atomic E-state index is 0.0139. The fraction of sp³-hybridized carbons (Fsp3) is 0.273. The number of benzene rings is 1. The van der Waals surface area contributed by atoms with Crippen molar-refractivity contribution in [3.63, 3.8) is 0 Å². The predicted octanol–water partition coefficient (Wildman–Crippen LogP) is 1.96. The van der Waals surface area contributed by atoms with Gasteiger partial charge in [0.25, 0.3) is 0 Å². The summed E-state index contributed by atoms with van der Waals surface area (Å²) in [5.41, 5.74) is 6.05. The number of nitrogens with one attached hydrogen (secondary N) is 2. The summed E-state index contributed by atoms with van der Waals surface area (Å²) < 4.78 is 0.847. The van der Waals surface area contributed by atoms with Gasteiger partial charge in [-0.1, -0.05) is 6.07 Å². The van der Waals surface area contributed by atoms with E-state index in [-0.39, 0.29) is 11.7 Å². The zero-order chi connectivity index (χ0) is 12.8. The molecule has 1 aromatic rings.